The summed E-state index contributed by atoms with van der Waals surface area (Å²) in [4.78, 5) is 12.6. The average Bonchev–Trinajstić information content (AvgIpc) is 2.66. The van der Waals surface area contributed by atoms with Gasteiger partial charge >= 0.3 is 0 Å². The van der Waals surface area contributed by atoms with Crippen LogP contribution < -0.4 is 19.5 Å². The van der Waals surface area contributed by atoms with Gasteiger partial charge in [-0.05, 0) is 36.2 Å². The first kappa shape index (κ1) is 20.7. The molecule has 0 heterocycles. The van der Waals surface area contributed by atoms with Crippen molar-refractivity contribution in [1.29, 1.82) is 0 Å². The van der Waals surface area contributed by atoms with Crippen molar-refractivity contribution in [2.45, 2.75) is 18.7 Å². The van der Waals surface area contributed by atoms with Crippen LogP contribution in [-0.2, 0) is 10.0 Å². The highest BCUT2D eigenvalue weighted by molar-refractivity contribution is 7.89. The third-order valence-electron chi connectivity index (χ3n) is 3.73. The molecule has 2 rings (SSSR count). The Morgan fingerprint density at radius 3 is 2.37 bits per heavy atom. The van der Waals surface area contributed by atoms with E-state index in [1.54, 1.807) is 24.3 Å². The fourth-order valence-electron chi connectivity index (χ4n) is 2.28. The molecule has 2 aromatic carbocycles. The lowest BCUT2D eigenvalue weighted by molar-refractivity contribution is 0.102. The standard InChI is InChI=1S/C19H24N2O5S/c1-13(2)12-20-27(23,24)16-7-5-6-14(10-16)19(22)21-15-8-9-17(25-3)18(11-15)26-4/h5-11,13,20H,12H2,1-4H3,(H,21,22). The zero-order valence-electron chi connectivity index (χ0n) is 15.8. The number of hydrogen-bond donors (Lipinski definition) is 2. The Kier molecular flexibility index (Phi) is 6.81. The second-order valence-corrected chi connectivity index (χ2v) is 8.06. The second kappa shape index (κ2) is 8.88. The fourth-order valence-corrected chi connectivity index (χ4v) is 3.54. The van der Waals surface area contributed by atoms with Crippen molar-refractivity contribution in [3.63, 3.8) is 0 Å². The van der Waals surface area contributed by atoms with Crippen LogP contribution in [0.2, 0.25) is 0 Å². The number of ether oxygens (including phenoxy) is 2. The summed E-state index contributed by atoms with van der Waals surface area (Å²) in [5, 5.41) is 2.72. The number of anilines is 1. The zero-order valence-corrected chi connectivity index (χ0v) is 16.6. The third kappa shape index (κ3) is 5.45. The van der Waals surface area contributed by atoms with E-state index >= 15 is 0 Å². The minimum Gasteiger partial charge on any atom is -0.493 e. The molecule has 0 saturated carbocycles. The summed E-state index contributed by atoms with van der Waals surface area (Å²) in [6, 6.07) is 10.9. The number of hydrogen-bond acceptors (Lipinski definition) is 5. The smallest absolute Gasteiger partial charge is 0.255 e. The first-order valence-electron chi connectivity index (χ1n) is 8.40. The molecule has 8 heteroatoms. The number of methoxy groups -OCH3 is 2. The number of amides is 1. The summed E-state index contributed by atoms with van der Waals surface area (Å²) in [5.74, 6) is 0.767. The lowest BCUT2D eigenvalue weighted by Gasteiger charge is -2.12. The fraction of sp³-hybridized carbons (Fsp3) is 0.316. The van der Waals surface area contributed by atoms with Crippen LogP contribution in [0.5, 0.6) is 11.5 Å². The van der Waals surface area contributed by atoms with Gasteiger partial charge in [0.2, 0.25) is 10.0 Å². The summed E-state index contributed by atoms with van der Waals surface area (Å²) >= 11 is 0. The largest absolute Gasteiger partial charge is 0.493 e. The van der Waals surface area contributed by atoms with Crippen molar-refractivity contribution in [3.8, 4) is 11.5 Å². The average molecular weight is 392 g/mol. The Morgan fingerprint density at radius 1 is 1.04 bits per heavy atom. The van der Waals surface area contributed by atoms with Gasteiger partial charge in [-0.1, -0.05) is 19.9 Å². The predicted octanol–water partition coefficient (Wildman–Crippen LogP) is 2.89. The molecule has 1 amide bonds. The number of nitrogens with one attached hydrogen (secondary N) is 2. The van der Waals surface area contributed by atoms with Gasteiger partial charge in [-0.15, -0.1) is 0 Å². The van der Waals surface area contributed by atoms with E-state index < -0.39 is 15.9 Å². The normalized spacial score (nSPS) is 11.3. The molecule has 0 aliphatic carbocycles. The lowest BCUT2D eigenvalue weighted by atomic mass is 10.2. The first-order valence-corrected chi connectivity index (χ1v) is 9.88. The minimum atomic E-state index is -3.67. The SMILES string of the molecule is COc1ccc(NC(=O)c2cccc(S(=O)(=O)NCC(C)C)c2)cc1OC. The van der Waals surface area contributed by atoms with Gasteiger partial charge in [0.25, 0.3) is 5.91 Å². The maximum absolute atomic E-state index is 12.5. The highest BCUT2D eigenvalue weighted by Crippen LogP contribution is 2.30. The van der Waals surface area contributed by atoms with Gasteiger partial charge in [0, 0.05) is 23.9 Å². The van der Waals surface area contributed by atoms with E-state index in [1.807, 2.05) is 13.8 Å². The molecule has 0 fully saturated rings. The Hall–Kier alpha value is -2.58. The van der Waals surface area contributed by atoms with Gasteiger partial charge in [-0.2, -0.15) is 0 Å². The molecule has 0 atom stereocenters. The maximum atomic E-state index is 12.5. The van der Waals surface area contributed by atoms with Crippen LogP contribution in [0, 0.1) is 5.92 Å². The molecule has 2 N–H and O–H groups in total. The summed E-state index contributed by atoms with van der Waals surface area (Å²) in [6.45, 7) is 4.15. The van der Waals surface area contributed by atoms with Crippen LogP contribution in [0.1, 0.15) is 24.2 Å². The zero-order chi connectivity index (χ0) is 20.0. The van der Waals surface area contributed by atoms with Gasteiger partial charge in [-0.3, -0.25) is 4.79 Å². The summed E-state index contributed by atoms with van der Waals surface area (Å²) in [6.07, 6.45) is 0. The van der Waals surface area contributed by atoms with Crippen LogP contribution in [0.4, 0.5) is 5.69 Å². The minimum absolute atomic E-state index is 0.0445. The van der Waals surface area contributed by atoms with Crippen LogP contribution >= 0.6 is 0 Å². The van der Waals surface area contributed by atoms with E-state index in [-0.39, 0.29) is 16.4 Å². The number of carbonyl (C=O) groups is 1. The number of benzene rings is 2. The van der Waals surface area contributed by atoms with E-state index in [0.717, 1.165) is 0 Å². The number of rotatable bonds is 8. The molecule has 27 heavy (non-hydrogen) atoms. The molecule has 0 bridgehead atoms. The summed E-state index contributed by atoms with van der Waals surface area (Å²) in [7, 11) is -0.645. The van der Waals surface area contributed by atoms with Crippen molar-refractivity contribution in [1.82, 2.24) is 4.72 Å². The molecule has 0 spiro atoms. The van der Waals surface area contributed by atoms with Crippen molar-refractivity contribution < 1.29 is 22.7 Å². The maximum Gasteiger partial charge on any atom is 0.255 e. The van der Waals surface area contributed by atoms with Crippen molar-refractivity contribution in [3.05, 3.63) is 48.0 Å². The molecule has 0 radical (unpaired) electrons. The van der Waals surface area contributed by atoms with Crippen LogP contribution in [0.25, 0.3) is 0 Å². The number of sulfonamides is 1. The quantitative estimate of drug-likeness (QED) is 0.720. The van der Waals surface area contributed by atoms with E-state index in [2.05, 4.69) is 10.0 Å². The highest BCUT2D eigenvalue weighted by atomic mass is 32.2. The third-order valence-corrected chi connectivity index (χ3v) is 5.15. The topological polar surface area (TPSA) is 93.7 Å². The highest BCUT2D eigenvalue weighted by Gasteiger charge is 2.17. The van der Waals surface area contributed by atoms with Crippen LogP contribution in [0.15, 0.2) is 47.4 Å². The van der Waals surface area contributed by atoms with Gasteiger partial charge in [0.05, 0.1) is 19.1 Å². The molecule has 0 aliphatic rings. The predicted molar refractivity (Wildman–Crippen MR) is 104 cm³/mol. The molecule has 2 aromatic rings. The first-order chi connectivity index (χ1) is 12.8. The molecule has 7 nitrogen and oxygen atoms in total. The summed E-state index contributed by atoms with van der Waals surface area (Å²) in [5.41, 5.74) is 0.737. The van der Waals surface area contributed by atoms with E-state index in [9.17, 15) is 13.2 Å². The molecule has 0 aliphatic heterocycles. The second-order valence-electron chi connectivity index (χ2n) is 6.30. The molecule has 0 saturated heterocycles. The van der Waals surface area contributed by atoms with Gasteiger partial charge in [-0.25, -0.2) is 13.1 Å². The molecule has 146 valence electrons. The lowest BCUT2D eigenvalue weighted by Crippen LogP contribution is -2.27. The van der Waals surface area contributed by atoms with Gasteiger partial charge < -0.3 is 14.8 Å². The molecular weight excluding hydrogens is 368 g/mol. The molecule has 0 unspecified atom stereocenters. The van der Waals surface area contributed by atoms with Crippen molar-refractivity contribution in [2.75, 3.05) is 26.1 Å². The van der Waals surface area contributed by atoms with Gasteiger partial charge in [0.15, 0.2) is 11.5 Å². The van der Waals surface area contributed by atoms with Crippen molar-refractivity contribution in [2.24, 2.45) is 5.92 Å². The summed E-state index contributed by atoms with van der Waals surface area (Å²) < 4.78 is 37.6. The number of carbonyl (C=O) groups excluding carboxylic acids is 1. The van der Waals surface area contributed by atoms with E-state index in [4.69, 9.17) is 9.47 Å². The van der Waals surface area contributed by atoms with E-state index in [0.29, 0.717) is 23.7 Å². The van der Waals surface area contributed by atoms with Crippen LogP contribution in [-0.4, -0.2) is 35.1 Å². The Balaban J connectivity index is 2.20. The van der Waals surface area contributed by atoms with Crippen molar-refractivity contribution >= 4 is 21.6 Å². The van der Waals surface area contributed by atoms with Crippen LogP contribution in [0.3, 0.4) is 0 Å². The Morgan fingerprint density at radius 2 is 1.74 bits per heavy atom. The monoisotopic (exact) mass is 392 g/mol. The Bertz CT molecular complexity index is 910. The Labute approximate surface area is 159 Å². The molecular formula is C19H24N2O5S. The van der Waals surface area contributed by atoms with Gasteiger partial charge in [0.1, 0.15) is 0 Å². The molecule has 0 aromatic heterocycles. The van der Waals surface area contributed by atoms with E-state index in [1.165, 1.54) is 32.4 Å².